The molecule has 2 aliphatic rings. The zero-order valence-corrected chi connectivity index (χ0v) is 19.8. The van der Waals surface area contributed by atoms with E-state index in [0.717, 1.165) is 22.7 Å². The molecule has 2 aliphatic heterocycles. The van der Waals surface area contributed by atoms with Crippen LogP contribution in [0.2, 0.25) is 5.02 Å². The van der Waals surface area contributed by atoms with Crippen molar-refractivity contribution in [2.75, 3.05) is 43.1 Å². The number of carbonyl (C=O) groups is 1. The van der Waals surface area contributed by atoms with Crippen LogP contribution in [0.15, 0.2) is 36.4 Å². The summed E-state index contributed by atoms with van der Waals surface area (Å²) in [5, 5.41) is 15.0. The summed E-state index contributed by atoms with van der Waals surface area (Å²) in [7, 11) is 1.63. The number of ether oxygens (including phenoxy) is 1. The summed E-state index contributed by atoms with van der Waals surface area (Å²) in [4.78, 5) is 28.7. The average molecular weight is 473 g/mol. The second kappa shape index (κ2) is 9.47. The maximum absolute atomic E-state index is 13.3. The molecule has 1 N–H and O–H groups in total. The Hall–Kier alpha value is -3.00. The fraction of sp³-hybridized carbons (Fsp3) is 0.458. The number of hydrogen-bond acceptors (Lipinski definition) is 6. The molecule has 0 unspecified atom stereocenters. The fourth-order valence-corrected chi connectivity index (χ4v) is 4.95. The highest BCUT2D eigenvalue weighted by Gasteiger charge is 2.42. The molecule has 0 aromatic heterocycles. The molecule has 4 rings (SSSR count). The Morgan fingerprint density at radius 1 is 1.24 bits per heavy atom. The molecule has 2 atom stereocenters. The van der Waals surface area contributed by atoms with Gasteiger partial charge in [-0.3, -0.25) is 14.9 Å². The van der Waals surface area contributed by atoms with E-state index in [0.29, 0.717) is 43.5 Å². The largest absolute Gasteiger partial charge is 0.495 e. The van der Waals surface area contributed by atoms with E-state index in [-0.39, 0.29) is 28.5 Å². The number of nitro benzene ring substituents is 1. The summed E-state index contributed by atoms with van der Waals surface area (Å²) in [5.74, 6) is 0.725. The number of anilines is 2. The molecular formula is C24H29ClN4O4. The van der Waals surface area contributed by atoms with Crippen molar-refractivity contribution < 1.29 is 14.5 Å². The summed E-state index contributed by atoms with van der Waals surface area (Å²) in [5.41, 5.74) is 2.77. The van der Waals surface area contributed by atoms with E-state index in [1.54, 1.807) is 25.3 Å². The van der Waals surface area contributed by atoms with Crippen molar-refractivity contribution in [3.05, 3.63) is 57.1 Å². The number of hydrogen-bond donors (Lipinski definition) is 1. The monoisotopic (exact) mass is 472 g/mol. The SMILES string of the molecule is COc1ccc(Cl)cc1N1CCN2c3ccc([N+](=O)[O-])cc3C[C@H](C(=O)NCC(C)C)[C@H]2C1. The number of nitro groups is 1. The lowest BCUT2D eigenvalue weighted by Crippen LogP contribution is -2.61. The van der Waals surface area contributed by atoms with Gasteiger partial charge in [-0.1, -0.05) is 25.4 Å². The summed E-state index contributed by atoms with van der Waals surface area (Å²) < 4.78 is 5.56. The van der Waals surface area contributed by atoms with Crippen molar-refractivity contribution in [2.24, 2.45) is 11.8 Å². The van der Waals surface area contributed by atoms with Crippen molar-refractivity contribution in [1.29, 1.82) is 0 Å². The van der Waals surface area contributed by atoms with Gasteiger partial charge < -0.3 is 19.9 Å². The summed E-state index contributed by atoms with van der Waals surface area (Å²) in [6.45, 7) is 6.71. The van der Waals surface area contributed by atoms with Crippen LogP contribution in [0.4, 0.5) is 17.1 Å². The number of nitrogens with one attached hydrogen (secondary N) is 1. The van der Waals surface area contributed by atoms with Gasteiger partial charge in [0.25, 0.3) is 5.69 Å². The third-order valence-corrected chi connectivity index (χ3v) is 6.64. The topological polar surface area (TPSA) is 87.9 Å². The molecule has 0 radical (unpaired) electrons. The lowest BCUT2D eigenvalue weighted by molar-refractivity contribution is -0.384. The standard InChI is InChI=1S/C24H29ClN4O4/c1-15(2)13-26-24(30)19-11-16-10-18(29(31)32)5-6-20(16)28-9-8-27(14-22(19)28)21-12-17(25)4-7-23(21)33-3/h4-7,10,12,15,19,22H,8-9,11,13-14H2,1-3H3,(H,26,30)/t19-,22+/m0/s1. The molecular weight excluding hydrogens is 444 g/mol. The normalized spacial score (nSPS) is 19.7. The van der Waals surface area contributed by atoms with E-state index in [1.165, 1.54) is 0 Å². The highest BCUT2D eigenvalue weighted by molar-refractivity contribution is 6.31. The number of fused-ring (bicyclic) bond motifs is 3. The van der Waals surface area contributed by atoms with Gasteiger partial charge in [0.2, 0.25) is 5.91 Å². The highest BCUT2D eigenvalue weighted by atomic mass is 35.5. The molecule has 176 valence electrons. The molecule has 0 saturated carbocycles. The minimum absolute atomic E-state index is 0.0178. The predicted octanol–water partition coefficient (Wildman–Crippen LogP) is 3.90. The molecule has 2 aromatic carbocycles. The van der Waals surface area contributed by atoms with Crippen LogP contribution < -0.4 is 19.9 Å². The second-order valence-corrected chi connectivity index (χ2v) is 9.48. The smallest absolute Gasteiger partial charge is 0.269 e. The van der Waals surface area contributed by atoms with Crippen LogP contribution in [-0.2, 0) is 11.2 Å². The Labute approximate surface area is 198 Å². The number of methoxy groups -OCH3 is 1. The number of amides is 1. The quantitative estimate of drug-likeness (QED) is 0.506. The number of benzene rings is 2. The van der Waals surface area contributed by atoms with Gasteiger partial charge in [0.1, 0.15) is 5.75 Å². The van der Waals surface area contributed by atoms with Gasteiger partial charge in [-0.05, 0) is 42.2 Å². The zero-order valence-electron chi connectivity index (χ0n) is 19.1. The zero-order chi connectivity index (χ0) is 23.7. The lowest BCUT2D eigenvalue weighted by atomic mass is 9.83. The molecule has 8 nitrogen and oxygen atoms in total. The number of halogens is 1. The first-order chi connectivity index (χ1) is 15.8. The van der Waals surface area contributed by atoms with E-state index >= 15 is 0 Å². The Kier molecular flexibility index (Phi) is 6.65. The van der Waals surface area contributed by atoms with Crippen molar-refractivity contribution in [2.45, 2.75) is 26.3 Å². The van der Waals surface area contributed by atoms with Crippen LogP contribution in [0.3, 0.4) is 0 Å². The second-order valence-electron chi connectivity index (χ2n) is 9.04. The maximum Gasteiger partial charge on any atom is 0.269 e. The molecule has 0 spiro atoms. The molecule has 1 saturated heterocycles. The van der Waals surface area contributed by atoms with Crippen molar-refractivity contribution >= 4 is 34.6 Å². The lowest BCUT2D eigenvalue weighted by Gasteiger charge is -2.49. The van der Waals surface area contributed by atoms with E-state index in [9.17, 15) is 14.9 Å². The molecule has 0 bridgehead atoms. The van der Waals surface area contributed by atoms with Crippen molar-refractivity contribution in [3.8, 4) is 5.75 Å². The number of carbonyl (C=O) groups excluding carboxylic acids is 1. The van der Waals surface area contributed by atoms with E-state index in [1.807, 2.05) is 18.2 Å². The van der Waals surface area contributed by atoms with Crippen LogP contribution >= 0.6 is 11.6 Å². The van der Waals surface area contributed by atoms with Crippen LogP contribution in [-0.4, -0.2) is 50.2 Å². The van der Waals surface area contributed by atoms with Gasteiger partial charge >= 0.3 is 0 Å². The highest BCUT2D eigenvalue weighted by Crippen LogP contribution is 2.40. The molecule has 9 heteroatoms. The molecule has 2 aromatic rings. The predicted molar refractivity (Wildman–Crippen MR) is 129 cm³/mol. The molecule has 1 amide bonds. The minimum Gasteiger partial charge on any atom is -0.495 e. The Bertz CT molecular complexity index is 1060. The fourth-order valence-electron chi connectivity index (χ4n) is 4.79. The summed E-state index contributed by atoms with van der Waals surface area (Å²) in [6.07, 6.45) is 0.461. The number of rotatable bonds is 6. The van der Waals surface area contributed by atoms with E-state index in [2.05, 4.69) is 29.0 Å². The molecule has 1 fully saturated rings. The van der Waals surface area contributed by atoms with Gasteiger partial charge in [0, 0.05) is 49.0 Å². The van der Waals surface area contributed by atoms with Crippen LogP contribution in [0, 0.1) is 22.0 Å². The molecule has 33 heavy (non-hydrogen) atoms. The van der Waals surface area contributed by atoms with E-state index < -0.39 is 0 Å². The molecule has 2 heterocycles. The van der Waals surface area contributed by atoms with Crippen molar-refractivity contribution in [3.63, 3.8) is 0 Å². The van der Waals surface area contributed by atoms with Gasteiger partial charge in [0.15, 0.2) is 0 Å². The maximum atomic E-state index is 13.3. The third kappa shape index (κ3) is 4.71. The van der Waals surface area contributed by atoms with E-state index in [4.69, 9.17) is 16.3 Å². The first-order valence-corrected chi connectivity index (χ1v) is 11.6. The first-order valence-electron chi connectivity index (χ1n) is 11.2. The summed E-state index contributed by atoms with van der Waals surface area (Å²) in [6, 6.07) is 10.4. The Morgan fingerprint density at radius 2 is 2.03 bits per heavy atom. The first kappa shape index (κ1) is 23.2. The minimum atomic E-state index is -0.385. The van der Waals surface area contributed by atoms with Gasteiger partial charge in [-0.2, -0.15) is 0 Å². The Morgan fingerprint density at radius 3 is 2.73 bits per heavy atom. The van der Waals surface area contributed by atoms with Crippen LogP contribution in [0.25, 0.3) is 0 Å². The number of non-ortho nitro benzene ring substituents is 1. The Balaban J connectivity index is 1.68. The van der Waals surface area contributed by atoms with Crippen molar-refractivity contribution in [1.82, 2.24) is 5.32 Å². The molecule has 0 aliphatic carbocycles. The van der Waals surface area contributed by atoms with Gasteiger partial charge in [-0.15, -0.1) is 0 Å². The third-order valence-electron chi connectivity index (χ3n) is 6.41. The summed E-state index contributed by atoms with van der Waals surface area (Å²) >= 11 is 6.28. The number of piperazine rings is 1. The van der Waals surface area contributed by atoms with Gasteiger partial charge in [0.05, 0.1) is 29.7 Å². The van der Waals surface area contributed by atoms with Gasteiger partial charge in [-0.25, -0.2) is 0 Å². The number of nitrogens with zero attached hydrogens (tertiary/aromatic N) is 3. The van der Waals surface area contributed by atoms with Crippen LogP contribution in [0.1, 0.15) is 19.4 Å². The van der Waals surface area contributed by atoms with Crippen LogP contribution in [0.5, 0.6) is 5.75 Å². The average Bonchev–Trinajstić information content (AvgIpc) is 2.81.